The maximum atomic E-state index is 11.7. The fraction of sp³-hybridized carbons (Fsp3) is 0.467. The maximum absolute atomic E-state index is 11.7. The molecular formula is C15H19NO3. The zero-order valence-corrected chi connectivity index (χ0v) is 10.9. The van der Waals surface area contributed by atoms with Crippen LogP contribution in [0.4, 0.5) is 10.5 Å². The van der Waals surface area contributed by atoms with Gasteiger partial charge in [-0.25, -0.2) is 4.79 Å². The monoisotopic (exact) mass is 261 g/mol. The van der Waals surface area contributed by atoms with E-state index in [1.165, 1.54) is 0 Å². The smallest absolute Gasteiger partial charge is 0.411 e. The summed E-state index contributed by atoms with van der Waals surface area (Å²) in [5, 5.41) is 2.71. The van der Waals surface area contributed by atoms with Crippen LogP contribution in [0.2, 0.25) is 0 Å². The van der Waals surface area contributed by atoms with E-state index in [1.54, 1.807) is 0 Å². The second kappa shape index (κ2) is 6.92. The maximum Gasteiger partial charge on any atom is 0.411 e. The van der Waals surface area contributed by atoms with Gasteiger partial charge in [0.25, 0.3) is 0 Å². The van der Waals surface area contributed by atoms with Crippen molar-refractivity contribution < 1.29 is 14.3 Å². The number of ketones is 1. The van der Waals surface area contributed by atoms with Crippen LogP contribution in [-0.4, -0.2) is 18.0 Å². The average Bonchev–Trinajstić information content (AvgIpc) is 2.37. The lowest BCUT2D eigenvalue weighted by Crippen LogP contribution is -2.24. The van der Waals surface area contributed by atoms with Crippen LogP contribution in [-0.2, 0) is 9.53 Å². The van der Waals surface area contributed by atoms with Crippen molar-refractivity contribution in [2.24, 2.45) is 0 Å². The first-order valence-corrected chi connectivity index (χ1v) is 6.78. The average molecular weight is 261 g/mol. The van der Waals surface area contributed by atoms with Crippen molar-refractivity contribution in [3.8, 4) is 0 Å². The molecule has 4 heteroatoms. The van der Waals surface area contributed by atoms with E-state index in [0.29, 0.717) is 18.6 Å². The van der Waals surface area contributed by atoms with E-state index in [2.05, 4.69) is 5.32 Å². The Morgan fingerprint density at radius 2 is 1.74 bits per heavy atom. The quantitative estimate of drug-likeness (QED) is 0.886. The van der Waals surface area contributed by atoms with Crippen molar-refractivity contribution in [3.63, 3.8) is 0 Å². The molecule has 19 heavy (non-hydrogen) atoms. The molecule has 0 aliphatic heterocycles. The van der Waals surface area contributed by atoms with Crippen LogP contribution in [0.5, 0.6) is 0 Å². The molecule has 0 radical (unpaired) electrons. The van der Waals surface area contributed by atoms with Crippen molar-refractivity contribution in [1.29, 1.82) is 0 Å². The number of hydrogen-bond acceptors (Lipinski definition) is 3. The predicted octanol–water partition coefficient (Wildman–Crippen LogP) is 3.53. The zero-order valence-electron chi connectivity index (χ0n) is 10.9. The van der Waals surface area contributed by atoms with E-state index >= 15 is 0 Å². The number of hydrogen-bond donors (Lipinski definition) is 1. The summed E-state index contributed by atoms with van der Waals surface area (Å²) in [6, 6.07) is 9.24. The molecule has 1 aromatic carbocycles. The van der Waals surface area contributed by atoms with Crippen LogP contribution in [0.25, 0.3) is 0 Å². The molecule has 1 fully saturated rings. The minimum Gasteiger partial charge on any atom is -0.446 e. The third kappa shape index (κ3) is 4.73. The fourth-order valence-corrected chi connectivity index (χ4v) is 2.26. The number of Topliss-reactive ketones (excluding diaryl/α,β-unsaturated/α-hetero) is 1. The van der Waals surface area contributed by atoms with Crippen LogP contribution >= 0.6 is 0 Å². The lowest BCUT2D eigenvalue weighted by atomic mass is 9.98. The SMILES string of the molecule is O=C1CCCC(OC(=O)Nc2ccccc2)CCC1. The normalized spacial score (nSPS) is 17.4. The number of rotatable bonds is 2. The molecule has 0 spiro atoms. The molecule has 1 N–H and O–H groups in total. The van der Waals surface area contributed by atoms with Crippen LogP contribution in [0.1, 0.15) is 38.5 Å². The van der Waals surface area contributed by atoms with Gasteiger partial charge in [-0.1, -0.05) is 18.2 Å². The van der Waals surface area contributed by atoms with Gasteiger partial charge in [0.15, 0.2) is 0 Å². The van der Waals surface area contributed by atoms with Crippen LogP contribution in [0, 0.1) is 0 Å². The summed E-state index contributed by atoms with van der Waals surface area (Å²) in [6.07, 6.45) is 3.90. The molecule has 1 aliphatic carbocycles. The van der Waals surface area contributed by atoms with Gasteiger partial charge in [-0.05, 0) is 37.8 Å². The largest absolute Gasteiger partial charge is 0.446 e. The summed E-state index contributed by atoms with van der Waals surface area (Å²) in [5.74, 6) is 0.326. The van der Waals surface area contributed by atoms with Crippen LogP contribution in [0.3, 0.4) is 0 Å². The van der Waals surface area contributed by atoms with Gasteiger partial charge in [0.05, 0.1) is 0 Å². The van der Waals surface area contributed by atoms with Gasteiger partial charge < -0.3 is 4.74 Å². The first kappa shape index (κ1) is 13.6. The lowest BCUT2D eigenvalue weighted by Gasteiger charge is -2.20. The summed E-state index contributed by atoms with van der Waals surface area (Å²) in [6.45, 7) is 0. The topological polar surface area (TPSA) is 55.4 Å². The van der Waals surface area contributed by atoms with E-state index in [0.717, 1.165) is 31.4 Å². The Hall–Kier alpha value is -1.84. The number of para-hydroxylation sites is 1. The second-order valence-electron chi connectivity index (χ2n) is 4.84. The minimum absolute atomic E-state index is 0.0724. The highest BCUT2D eigenvalue weighted by Gasteiger charge is 2.18. The Kier molecular flexibility index (Phi) is 4.95. The summed E-state index contributed by atoms with van der Waals surface area (Å²) in [5.41, 5.74) is 0.730. The van der Waals surface area contributed by atoms with Gasteiger partial charge in [-0.3, -0.25) is 10.1 Å². The Labute approximate surface area is 113 Å². The third-order valence-corrected chi connectivity index (χ3v) is 3.26. The number of ether oxygens (including phenoxy) is 1. The third-order valence-electron chi connectivity index (χ3n) is 3.26. The summed E-state index contributed by atoms with van der Waals surface area (Å²) in [4.78, 5) is 23.0. The molecule has 4 nitrogen and oxygen atoms in total. The van der Waals surface area contributed by atoms with E-state index in [1.807, 2.05) is 30.3 Å². The Bertz CT molecular complexity index is 418. The summed E-state index contributed by atoms with van der Waals surface area (Å²) in [7, 11) is 0. The molecule has 102 valence electrons. The van der Waals surface area contributed by atoms with Gasteiger partial charge in [-0.2, -0.15) is 0 Å². The fourth-order valence-electron chi connectivity index (χ4n) is 2.26. The van der Waals surface area contributed by atoms with Crippen molar-refractivity contribution in [3.05, 3.63) is 30.3 Å². The molecule has 0 bridgehead atoms. The molecule has 0 atom stereocenters. The molecule has 0 saturated heterocycles. The van der Waals surface area contributed by atoms with Crippen molar-refractivity contribution >= 4 is 17.6 Å². The van der Waals surface area contributed by atoms with Crippen molar-refractivity contribution in [1.82, 2.24) is 0 Å². The lowest BCUT2D eigenvalue weighted by molar-refractivity contribution is -0.119. The summed E-state index contributed by atoms with van der Waals surface area (Å²) < 4.78 is 5.40. The minimum atomic E-state index is -0.414. The molecule has 2 rings (SSSR count). The Morgan fingerprint density at radius 3 is 2.37 bits per heavy atom. The van der Waals surface area contributed by atoms with Crippen molar-refractivity contribution in [2.45, 2.75) is 44.6 Å². The highest BCUT2D eigenvalue weighted by Crippen LogP contribution is 2.18. The van der Waals surface area contributed by atoms with Crippen LogP contribution < -0.4 is 5.32 Å². The number of carbonyl (C=O) groups excluding carboxylic acids is 2. The zero-order chi connectivity index (χ0) is 13.5. The van der Waals surface area contributed by atoms with E-state index in [9.17, 15) is 9.59 Å². The molecule has 0 heterocycles. The first-order valence-electron chi connectivity index (χ1n) is 6.78. The standard InChI is InChI=1S/C15H19NO3/c17-13-8-4-10-14(11-5-9-13)19-15(18)16-12-6-2-1-3-7-12/h1-3,6-7,14H,4-5,8-11H2,(H,16,18). The first-order chi connectivity index (χ1) is 9.24. The number of anilines is 1. The van der Waals surface area contributed by atoms with E-state index in [4.69, 9.17) is 4.74 Å². The number of carbonyl (C=O) groups is 2. The highest BCUT2D eigenvalue weighted by atomic mass is 16.6. The van der Waals surface area contributed by atoms with Gasteiger partial charge in [-0.15, -0.1) is 0 Å². The molecule has 0 aromatic heterocycles. The molecule has 1 aliphatic rings. The Balaban J connectivity index is 1.79. The molecule has 0 unspecified atom stereocenters. The molecule has 1 amide bonds. The van der Waals surface area contributed by atoms with E-state index in [-0.39, 0.29) is 6.10 Å². The second-order valence-corrected chi connectivity index (χ2v) is 4.84. The number of benzene rings is 1. The highest BCUT2D eigenvalue weighted by molar-refractivity contribution is 5.84. The van der Waals surface area contributed by atoms with Gasteiger partial charge in [0.1, 0.15) is 11.9 Å². The Morgan fingerprint density at radius 1 is 1.11 bits per heavy atom. The number of nitrogens with one attached hydrogen (secondary N) is 1. The van der Waals surface area contributed by atoms with Gasteiger partial charge in [0, 0.05) is 18.5 Å². The van der Waals surface area contributed by atoms with E-state index < -0.39 is 6.09 Å². The van der Waals surface area contributed by atoms with Gasteiger partial charge in [0.2, 0.25) is 0 Å². The van der Waals surface area contributed by atoms with Crippen molar-refractivity contribution in [2.75, 3.05) is 5.32 Å². The summed E-state index contributed by atoms with van der Waals surface area (Å²) >= 11 is 0. The number of amides is 1. The van der Waals surface area contributed by atoms with Gasteiger partial charge >= 0.3 is 6.09 Å². The predicted molar refractivity (Wildman–Crippen MR) is 73.0 cm³/mol. The molecular weight excluding hydrogens is 242 g/mol. The molecule has 1 aromatic rings. The van der Waals surface area contributed by atoms with Crippen LogP contribution in [0.15, 0.2) is 30.3 Å². The molecule has 1 saturated carbocycles.